The molecule has 0 aromatic carbocycles. The first kappa shape index (κ1) is 11.7. The number of carbonyl (C=O) groups excluding carboxylic acids is 2. The van der Waals surface area contributed by atoms with Gasteiger partial charge in [0.25, 0.3) is 0 Å². The molecule has 0 aliphatic carbocycles. The Morgan fingerprint density at radius 1 is 1.31 bits per heavy atom. The number of amides is 2. The molecular weight excluding hydrogens is 172 g/mol. The molecule has 0 fully saturated rings. The van der Waals surface area contributed by atoms with Crippen LogP contribution in [0.3, 0.4) is 0 Å². The summed E-state index contributed by atoms with van der Waals surface area (Å²) in [6.07, 6.45) is 1.39. The van der Waals surface area contributed by atoms with Crippen molar-refractivity contribution in [2.45, 2.75) is 19.8 Å². The van der Waals surface area contributed by atoms with Crippen LogP contribution in [0.2, 0.25) is 0 Å². The average molecular weight is 188 g/mol. The second kappa shape index (κ2) is 7.39. The summed E-state index contributed by atoms with van der Waals surface area (Å²) in [4.78, 5) is 21.5. The number of nitrogens with one attached hydrogen (secondary N) is 2. The first-order chi connectivity index (χ1) is 6.20. The van der Waals surface area contributed by atoms with Gasteiger partial charge in [-0.1, -0.05) is 13.3 Å². The highest BCUT2D eigenvalue weighted by Gasteiger charge is 2.02. The minimum atomic E-state index is -0.592. The first-order valence-electron chi connectivity index (χ1n) is 4.29. The van der Waals surface area contributed by atoms with E-state index in [2.05, 4.69) is 15.4 Å². The molecule has 0 saturated carbocycles. The van der Waals surface area contributed by atoms with E-state index in [0.29, 0.717) is 6.54 Å². The Morgan fingerprint density at radius 3 is 2.54 bits per heavy atom. The van der Waals surface area contributed by atoms with E-state index in [1.807, 2.05) is 6.92 Å². The SMILES string of the molecule is CCCCNC(=O)CNC(=O)OC. The molecule has 2 amide bonds. The molecular formula is C8H16N2O3. The molecule has 0 spiro atoms. The summed E-state index contributed by atoms with van der Waals surface area (Å²) in [5, 5.41) is 4.94. The van der Waals surface area contributed by atoms with E-state index in [1.54, 1.807) is 0 Å². The smallest absolute Gasteiger partial charge is 0.407 e. The maximum absolute atomic E-state index is 11.0. The van der Waals surface area contributed by atoms with Gasteiger partial charge in [0.15, 0.2) is 0 Å². The van der Waals surface area contributed by atoms with Crippen molar-refractivity contribution in [3.05, 3.63) is 0 Å². The third-order valence-corrected chi connectivity index (χ3v) is 1.43. The summed E-state index contributed by atoms with van der Waals surface area (Å²) in [6.45, 7) is 2.66. The first-order valence-corrected chi connectivity index (χ1v) is 4.29. The highest BCUT2D eigenvalue weighted by molar-refractivity contribution is 5.81. The summed E-state index contributed by atoms with van der Waals surface area (Å²) in [5.41, 5.74) is 0. The molecule has 0 rings (SSSR count). The number of hydrogen-bond acceptors (Lipinski definition) is 3. The molecule has 0 aromatic rings. The van der Waals surface area contributed by atoms with E-state index in [0.717, 1.165) is 12.8 Å². The van der Waals surface area contributed by atoms with E-state index in [9.17, 15) is 9.59 Å². The molecule has 0 atom stereocenters. The zero-order valence-corrected chi connectivity index (χ0v) is 8.05. The Kier molecular flexibility index (Phi) is 6.68. The van der Waals surface area contributed by atoms with E-state index in [-0.39, 0.29) is 12.5 Å². The third kappa shape index (κ3) is 7.11. The van der Waals surface area contributed by atoms with Gasteiger partial charge in [-0.2, -0.15) is 0 Å². The van der Waals surface area contributed by atoms with E-state index in [4.69, 9.17) is 0 Å². The van der Waals surface area contributed by atoms with Gasteiger partial charge < -0.3 is 15.4 Å². The lowest BCUT2D eigenvalue weighted by Gasteiger charge is -2.04. The molecule has 5 heteroatoms. The number of methoxy groups -OCH3 is 1. The Morgan fingerprint density at radius 2 is 2.00 bits per heavy atom. The zero-order chi connectivity index (χ0) is 10.1. The van der Waals surface area contributed by atoms with Crippen LogP contribution < -0.4 is 10.6 Å². The fourth-order valence-corrected chi connectivity index (χ4v) is 0.692. The third-order valence-electron chi connectivity index (χ3n) is 1.43. The highest BCUT2D eigenvalue weighted by atomic mass is 16.5. The van der Waals surface area contributed by atoms with Gasteiger partial charge in [-0.25, -0.2) is 4.79 Å². The number of ether oxygens (including phenoxy) is 1. The molecule has 0 radical (unpaired) electrons. The van der Waals surface area contributed by atoms with E-state index < -0.39 is 6.09 Å². The number of hydrogen-bond donors (Lipinski definition) is 2. The number of rotatable bonds is 5. The summed E-state index contributed by atoms with van der Waals surface area (Å²) in [7, 11) is 1.25. The van der Waals surface area contributed by atoms with Crippen molar-refractivity contribution in [3.8, 4) is 0 Å². The maximum atomic E-state index is 11.0. The number of alkyl carbamates (subject to hydrolysis) is 1. The standard InChI is InChI=1S/C8H16N2O3/c1-3-4-5-9-7(11)6-10-8(12)13-2/h3-6H2,1-2H3,(H,9,11)(H,10,12). The molecule has 0 heterocycles. The molecule has 13 heavy (non-hydrogen) atoms. The molecule has 0 aliphatic heterocycles. The molecule has 0 bridgehead atoms. The van der Waals surface area contributed by atoms with Crippen molar-refractivity contribution in [1.29, 1.82) is 0 Å². The summed E-state index contributed by atoms with van der Waals surface area (Å²) in [6, 6.07) is 0. The Balaban J connectivity index is 3.35. The quantitative estimate of drug-likeness (QED) is 0.608. The van der Waals surface area contributed by atoms with Crippen molar-refractivity contribution in [2.24, 2.45) is 0 Å². The van der Waals surface area contributed by atoms with Crippen LogP contribution in [0, 0.1) is 0 Å². The molecule has 5 nitrogen and oxygen atoms in total. The fourth-order valence-electron chi connectivity index (χ4n) is 0.692. The van der Waals surface area contributed by atoms with Crippen molar-refractivity contribution < 1.29 is 14.3 Å². The predicted octanol–water partition coefficient (Wildman–Crippen LogP) is 0.259. The van der Waals surface area contributed by atoms with Crippen molar-refractivity contribution in [3.63, 3.8) is 0 Å². The monoisotopic (exact) mass is 188 g/mol. The van der Waals surface area contributed by atoms with Crippen LogP contribution in [0.1, 0.15) is 19.8 Å². The van der Waals surface area contributed by atoms with E-state index in [1.165, 1.54) is 7.11 Å². The van der Waals surface area contributed by atoms with Gasteiger partial charge in [0, 0.05) is 6.54 Å². The Hall–Kier alpha value is -1.26. The Bertz CT molecular complexity index is 171. The van der Waals surface area contributed by atoms with Gasteiger partial charge in [0.2, 0.25) is 5.91 Å². The summed E-state index contributed by atoms with van der Waals surface area (Å²) < 4.78 is 4.30. The second-order valence-electron chi connectivity index (χ2n) is 2.55. The fraction of sp³-hybridized carbons (Fsp3) is 0.750. The van der Waals surface area contributed by atoms with Gasteiger partial charge in [-0.05, 0) is 6.42 Å². The lowest BCUT2D eigenvalue weighted by atomic mass is 10.3. The minimum absolute atomic E-state index is 0.0314. The summed E-state index contributed by atoms with van der Waals surface area (Å²) in [5.74, 6) is -0.196. The highest BCUT2D eigenvalue weighted by Crippen LogP contribution is 1.81. The topological polar surface area (TPSA) is 67.4 Å². The number of carbonyl (C=O) groups is 2. The van der Waals surface area contributed by atoms with Gasteiger partial charge in [-0.3, -0.25) is 4.79 Å². The minimum Gasteiger partial charge on any atom is -0.453 e. The normalized spacial score (nSPS) is 9.08. The van der Waals surface area contributed by atoms with E-state index >= 15 is 0 Å². The number of unbranched alkanes of at least 4 members (excludes halogenated alkanes) is 1. The molecule has 76 valence electrons. The molecule has 0 aromatic heterocycles. The van der Waals surface area contributed by atoms with Crippen LogP contribution in [0.4, 0.5) is 4.79 Å². The molecule has 0 unspecified atom stereocenters. The predicted molar refractivity (Wildman–Crippen MR) is 48.3 cm³/mol. The zero-order valence-electron chi connectivity index (χ0n) is 8.05. The van der Waals surface area contributed by atoms with Gasteiger partial charge in [0.05, 0.1) is 13.7 Å². The van der Waals surface area contributed by atoms with Gasteiger partial charge >= 0.3 is 6.09 Å². The van der Waals surface area contributed by atoms with Crippen LogP contribution in [0.15, 0.2) is 0 Å². The van der Waals surface area contributed by atoms with Crippen molar-refractivity contribution in [1.82, 2.24) is 10.6 Å². The van der Waals surface area contributed by atoms with Crippen LogP contribution in [0.5, 0.6) is 0 Å². The lowest BCUT2D eigenvalue weighted by Crippen LogP contribution is -2.37. The largest absolute Gasteiger partial charge is 0.453 e. The van der Waals surface area contributed by atoms with Gasteiger partial charge in [0.1, 0.15) is 0 Å². The Labute approximate surface area is 77.8 Å². The molecule has 0 saturated heterocycles. The van der Waals surface area contributed by atoms with Crippen LogP contribution in [0.25, 0.3) is 0 Å². The second-order valence-corrected chi connectivity index (χ2v) is 2.55. The maximum Gasteiger partial charge on any atom is 0.407 e. The van der Waals surface area contributed by atoms with Crippen LogP contribution in [-0.2, 0) is 9.53 Å². The van der Waals surface area contributed by atoms with Crippen LogP contribution >= 0.6 is 0 Å². The molecule has 2 N–H and O–H groups in total. The lowest BCUT2D eigenvalue weighted by molar-refractivity contribution is -0.120. The molecule has 0 aliphatic rings. The van der Waals surface area contributed by atoms with Crippen LogP contribution in [-0.4, -0.2) is 32.2 Å². The average Bonchev–Trinajstić information content (AvgIpc) is 2.14. The van der Waals surface area contributed by atoms with Crippen molar-refractivity contribution in [2.75, 3.05) is 20.2 Å². The van der Waals surface area contributed by atoms with Gasteiger partial charge in [-0.15, -0.1) is 0 Å². The van der Waals surface area contributed by atoms with Crippen molar-refractivity contribution >= 4 is 12.0 Å². The summed E-state index contributed by atoms with van der Waals surface area (Å²) >= 11 is 0.